The molecule has 5 aromatic rings. The lowest BCUT2D eigenvalue weighted by Crippen LogP contribution is -2.36. The quantitative estimate of drug-likeness (QED) is 0.278. The summed E-state index contributed by atoms with van der Waals surface area (Å²) in [7, 11) is 3.30. The number of hydrogen-bond donors (Lipinski definition) is 2. The van der Waals surface area contributed by atoms with Crippen LogP contribution in [0.4, 0.5) is 5.82 Å². The lowest BCUT2D eigenvalue weighted by atomic mass is 9.79. The molecule has 2 heterocycles. The first kappa shape index (κ1) is 25.8. The minimum Gasteiger partial charge on any atom is -0.497 e. The molecule has 0 radical (unpaired) electrons. The number of aliphatic hydroxyl groups is 1. The Morgan fingerprint density at radius 1 is 0.800 bits per heavy atom. The first-order valence-corrected chi connectivity index (χ1v) is 13.2. The standard InChI is InChI=1S/C31H31N5O4/c1-38-23-12-8-21(9-13-23)31(20-6-4-3-5-7-20,22-10-14-24(39-2)15-11-22)40-25-16-26(27(37)17-25)36-19-35-28-29(32)33-18-34-30(28)36/h3-15,18-19,25-27,37H,16-17H2,1-2H3,(H2,32,33,34)/t25-,26+,27+/m0/s1. The Morgan fingerprint density at radius 3 is 2.00 bits per heavy atom. The monoisotopic (exact) mass is 537 g/mol. The summed E-state index contributed by atoms with van der Waals surface area (Å²) in [5, 5.41) is 11.3. The zero-order valence-electron chi connectivity index (χ0n) is 22.3. The fourth-order valence-electron chi connectivity index (χ4n) is 5.74. The van der Waals surface area contributed by atoms with E-state index in [2.05, 4.69) is 27.1 Å². The fourth-order valence-corrected chi connectivity index (χ4v) is 5.74. The molecule has 3 aromatic carbocycles. The molecule has 3 atom stereocenters. The molecule has 40 heavy (non-hydrogen) atoms. The largest absolute Gasteiger partial charge is 0.497 e. The molecule has 0 spiro atoms. The van der Waals surface area contributed by atoms with Gasteiger partial charge in [-0.25, -0.2) is 15.0 Å². The smallest absolute Gasteiger partial charge is 0.165 e. The number of methoxy groups -OCH3 is 2. The van der Waals surface area contributed by atoms with Gasteiger partial charge in [-0.2, -0.15) is 0 Å². The van der Waals surface area contributed by atoms with E-state index < -0.39 is 11.7 Å². The Kier molecular flexibility index (Phi) is 6.83. The van der Waals surface area contributed by atoms with Crippen molar-refractivity contribution in [2.24, 2.45) is 0 Å². The number of hydrogen-bond acceptors (Lipinski definition) is 8. The Hall–Kier alpha value is -4.47. The summed E-state index contributed by atoms with van der Waals surface area (Å²) in [6, 6.07) is 25.7. The molecule has 0 saturated heterocycles. The van der Waals surface area contributed by atoms with Crippen molar-refractivity contribution in [3.8, 4) is 11.5 Å². The first-order chi connectivity index (χ1) is 19.5. The van der Waals surface area contributed by atoms with Gasteiger partial charge >= 0.3 is 0 Å². The second-order valence-corrected chi connectivity index (χ2v) is 9.93. The number of nitrogens with two attached hydrogens (primary N) is 1. The normalized spacial score (nSPS) is 19.1. The number of imidazole rings is 1. The average molecular weight is 538 g/mol. The van der Waals surface area contributed by atoms with Gasteiger partial charge < -0.3 is 29.6 Å². The van der Waals surface area contributed by atoms with Gasteiger partial charge in [0.05, 0.1) is 38.8 Å². The van der Waals surface area contributed by atoms with Gasteiger partial charge in [0.1, 0.15) is 28.9 Å². The van der Waals surface area contributed by atoms with Crippen molar-refractivity contribution < 1.29 is 19.3 Å². The van der Waals surface area contributed by atoms with Gasteiger partial charge in [0.15, 0.2) is 11.5 Å². The molecule has 1 fully saturated rings. The summed E-state index contributed by atoms with van der Waals surface area (Å²) in [4.78, 5) is 12.8. The van der Waals surface area contributed by atoms with Crippen LogP contribution in [0.3, 0.4) is 0 Å². The molecule has 2 aromatic heterocycles. The van der Waals surface area contributed by atoms with Crippen LogP contribution < -0.4 is 15.2 Å². The summed E-state index contributed by atoms with van der Waals surface area (Å²) in [5.41, 5.74) is 9.01. The zero-order chi connectivity index (χ0) is 27.7. The van der Waals surface area contributed by atoms with Gasteiger partial charge in [0.25, 0.3) is 0 Å². The number of benzene rings is 3. The Morgan fingerprint density at radius 2 is 1.40 bits per heavy atom. The van der Waals surface area contributed by atoms with Crippen LogP contribution in [0.2, 0.25) is 0 Å². The van der Waals surface area contributed by atoms with E-state index in [4.69, 9.17) is 19.9 Å². The number of nitrogen functional groups attached to an aromatic ring is 1. The molecule has 0 amide bonds. The molecule has 9 heteroatoms. The average Bonchev–Trinajstić information content (AvgIpc) is 3.60. The van der Waals surface area contributed by atoms with Crippen LogP contribution in [0.25, 0.3) is 11.2 Å². The van der Waals surface area contributed by atoms with Gasteiger partial charge in [-0.15, -0.1) is 0 Å². The Balaban J connectivity index is 1.45. The zero-order valence-corrected chi connectivity index (χ0v) is 22.3. The SMILES string of the molecule is COc1ccc(C(O[C@@H]2C[C@@H](O)[C@H](n3cnc4c(N)ncnc43)C2)(c2ccccc2)c2ccc(OC)cc2)cc1. The maximum Gasteiger partial charge on any atom is 0.165 e. The lowest BCUT2D eigenvalue weighted by molar-refractivity contribution is -0.0484. The van der Waals surface area contributed by atoms with Crippen molar-refractivity contribution in [2.45, 2.75) is 36.7 Å². The highest BCUT2D eigenvalue weighted by Gasteiger charge is 2.44. The molecule has 0 bridgehead atoms. The summed E-state index contributed by atoms with van der Waals surface area (Å²) in [6.07, 6.45) is 3.12. The molecular weight excluding hydrogens is 506 g/mol. The number of aromatic nitrogens is 4. The molecule has 6 rings (SSSR count). The highest BCUT2D eigenvalue weighted by Crippen LogP contribution is 2.46. The second-order valence-electron chi connectivity index (χ2n) is 9.93. The van der Waals surface area contributed by atoms with Crippen molar-refractivity contribution in [2.75, 3.05) is 20.0 Å². The minimum atomic E-state index is -0.970. The van der Waals surface area contributed by atoms with Crippen LogP contribution in [0, 0.1) is 0 Å². The van der Waals surface area contributed by atoms with Gasteiger partial charge in [0.2, 0.25) is 0 Å². The third kappa shape index (κ3) is 4.43. The molecule has 1 aliphatic carbocycles. The van der Waals surface area contributed by atoms with Crippen molar-refractivity contribution in [3.63, 3.8) is 0 Å². The fraction of sp³-hybridized carbons (Fsp3) is 0.258. The molecule has 0 unspecified atom stereocenters. The molecule has 3 N–H and O–H groups in total. The van der Waals surface area contributed by atoms with Crippen molar-refractivity contribution >= 4 is 17.0 Å². The molecule has 204 valence electrons. The van der Waals surface area contributed by atoms with Crippen molar-refractivity contribution in [3.05, 3.63) is 108 Å². The van der Waals surface area contributed by atoms with E-state index in [-0.39, 0.29) is 12.1 Å². The number of fused-ring (bicyclic) bond motifs is 1. The highest BCUT2D eigenvalue weighted by molar-refractivity contribution is 5.81. The van der Waals surface area contributed by atoms with Gasteiger partial charge in [-0.05, 0) is 47.4 Å². The van der Waals surface area contributed by atoms with E-state index in [1.165, 1.54) is 6.33 Å². The van der Waals surface area contributed by atoms with Crippen molar-refractivity contribution in [1.29, 1.82) is 0 Å². The number of rotatable bonds is 8. The molecular formula is C31H31N5O4. The predicted molar refractivity (Wildman–Crippen MR) is 151 cm³/mol. The van der Waals surface area contributed by atoms with Crippen LogP contribution in [-0.2, 0) is 10.3 Å². The predicted octanol–water partition coefficient (Wildman–Crippen LogP) is 4.50. The van der Waals surface area contributed by atoms with Crippen LogP contribution in [0.15, 0.2) is 91.5 Å². The van der Waals surface area contributed by atoms with Crippen LogP contribution in [0.5, 0.6) is 11.5 Å². The van der Waals surface area contributed by atoms with Gasteiger partial charge in [0, 0.05) is 6.42 Å². The number of anilines is 1. The van der Waals surface area contributed by atoms with Crippen LogP contribution in [-0.4, -0.2) is 51.1 Å². The van der Waals surface area contributed by atoms with Gasteiger partial charge in [-0.3, -0.25) is 0 Å². The van der Waals surface area contributed by atoms with Crippen LogP contribution >= 0.6 is 0 Å². The first-order valence-electron chi connectivity index (χ1n) is 13.2. The molecule has 1 aliphatic rings. The Bertz CT molecular complexity index is 1540. The Labute approximate surface area is 232 Å². The summed E-state index contributed by atoms with van der Waals surface area (Å²) < 4.78 is 20.0. The lowest BCUT2D eigenvalue weighted by Gasteiger charge is -2.38. The summed E-state index contributed by atoms with van der Waals surface area (Å²) >= 11 is 0. The van der Waals surface area contributed by atoms with E-state index in [0.29, 0.717) is 29.8 Å². The van der Waals surface area contributed by atoms with E-state index in [9.17, 15) is 5.11 Å². The highest BCUT2D eigenvalue weighted by atomic mass is 16.5. The number of ether oxygens (including phenoxy) is 3. The summed E-state index contributed by atoms with van der Waals surface area (Å²) in [6.45, 7) is 0. The third-order valence-corrected chi connectivity index (χ3v) is 7.71. The maximum atomic E-state index is 11.3. The van der Waals surface area contributed by atoms with Gasteiger partial charge in [-0.1, -0.05) is 54.6 Å². The molecule has 9 nitrogen and oxygen atoms in total. The maximum absolute atomic E-state index is 11.3. The molecule has 1 saturated carbocycles. The van der Waals surface area contributed by atoms with E-state index in [1.54, 1.807) is 20.5 Å². The van der Waals surface area contributed by atoms with E-state index in [0.717, 1.165) is 28.2 Å². The topological polar surface area (TPSA) is 118 Å². The van der Waals surface area contributed by atoms with E-state index in [1.807, 2.05) is 71.3 Å². The summed E-state index contributed by atoms with van der Waals surface area (Å²) in [5.74, 6) is 1.82. The number of aliphatic hydroxyl groups excluding tert-OH is 1. The third-order valence-electron chi connectivity index (χ3n) is 7.71. The number of nitrogens with zero attached hydrogens (tertiary/aromatic N) is 4. The van der Waals surface area contributed by atoms with Crippen LogP contribution in [0.1, 0.15) is 35.6 Å². The molecule has 0 aliphatic heterocycles. The van der Waals surface area contributed by atoms with E-state index >= 15 is 0 Å². The van der Waals surface area contributed by atoms with Crippen molar-refractivity contribution in [1.82, 2.24) is 19.5 Å². The second kappa shape index (κ2) is 10.6. The minimum absolute atomic E-state index is 0.287.